The molecular formula is C23H23ClN2O4S. The molecule has 0 heterocycles. The second-order valence-corrected chi connectivity index (χ2v) is 8.99. The van der Waals surface area contributed by atoms with Crippen LogP contribution in [-0.2, 0) is 26.2 Å². The van der Waals surface area contributed by atoms with Gasteiger partial charge in [-0.1, -0.05) is 60.1 Å². The molecule has 0 fully saturated rings. The van der Waals surface area contributed by atoms with Crippen molar-refractivity contribution in [2.75, 3.05) is 24.0 Å². The van der Waals surface area contributed by atoms with Crippen LogP contribution in [0.2, 0.25) is 5.02 Å². The summed E-state index contributed by atoms with van der Waals surface area (Å²) in [5.41, 5.74) is 1.39. The van der Waals surface area contributed by atoms with Gasteiger partial charge in [0.05, 0.1) is 23.8 Å². The molecule has 3 aromatic rings. The quantitative estimate of drug-likeness (QED) is 0.468. The average molecular weight is 459 g/mol. The predicted octanol–water partition coefficient (Wildman–Crippen LogP) is 3.87. The van der Waals surface area contributed by atoms with E-state index in [-0.39, 0.29) is 18.0 Å². The van der Waals surface area contributed by atoms with Gasteiger partial charge in [0.25, 0.3) is 10.0 Å². The monoisotopic (exact) mass is 458 g/mol. The van der Waals surface area contributed by atoms with Gasteiger partial charge in [0, 0.05) is 11.6 Å². The number of amides is 1. The van der Waals surface area contributed by atoms with Crippen LogP contribution in [0.5, 0.6) is 0 Å². The topological polar surface area (TPSA) is 75.7 Å². The first-order valence-corrected chi connectivity index (χ1v) is 11.5. The van der Waals surface area contributed by atoms with Crippen molar-refractivity contribution in [1.82, 2.24) is 5.32 Å². The van der Waals surface area contributed by atoms with E-state index in [0.29, 0.717) is 23.9 Å². The van der Waals surface area contributed by atoms with Crippen LogP contribution in [0.1, 0.15) is 5.56 Å². The van der Waals surface area contributed by atoms with Crippen molar-refractivity contribution in [2.45, 2.75) is 11.5 Å². The van der Waals surface area contributed by atoms with E-state index >= 15 is 0 Å². The van der Waals surface area contributed by atoms with Gasteiger partial charge in [0.15, 0.2) is 0 Å². The zero-order chi connectivity index (χ0) is 22.1. The summed E-state index contributed by atoms with van der Waals surface area (Å²) >= 11 is 5.93. The molecule has 8 heteroatoms. The number of hydrogen-bond acceptors (Lipinski definition) is 4. The third-order valence-electron chi connectivity index (χ3n) is 4.41. The van der Waals surface area contributed by atoms with Gasteiger partial charge in [-0.05, 0) is 42.0 Å². The summed E-state index contributed by atoms with van der Waals surface area (Å²) in [5.74, 6) is -0.433. The number of sulfonamides is 1. The minimum absolute atomic E-state index is 0.101. The summed E-state index contributed by atoms with van der Waals surface area (Å²) in [6.45, 7) is 0.659. The second kappa shape index (κ2) is 10.9. The van der Waals surface area contributed by atoms with Gasteiger partial charge in [0.2, 0.25) is 5.91 Å². The Morgan fingerprint density at radius 2 is 1.52 bits per heavy atom. The van der Waals surface area contributed by atoms with Gasteiger partial charge >= 0.3 is 0 Å². The number of rotatable bonds is 10. The van der Waals surface area contributed by atoms with Gasteiger partial charge < -0.3 is 10.1 Å². The maximum absolute atomic E-state index is 13.2. The molecule has 0 saturated heterocycles. The number of anilines is 1. The van der Waals surface area contributed by atoms with Crippen LogP contribution in [0.25, 0.3) is 0 Å². The fourth-order valence-electron chi connectivity index (χ4n) is 2.86. The van der Waals surface area contributed by atoms with Crippen LogP contribution in [0.15, 0.2) is 89.8 Å². The number of ether oxygens (including phenoxy) is 1. The zero-order valence-corrected chi connectivity index (χ0v) is 18.4. The van der Waals surface area contributed by atoms with Crippen LogP contribution >= 0.6 is 11.6 Å². The Morgan fingerprint density at radius 1 is 0.903 bits per heavy atom. The molecule has 0 bridgehead atoms. The highest BCUT2D eigenvalue weighted by molar-refractivity contribution is 7.92. The Bertz CT molecular complexity index is 1080. The molecule has 0 saturated carbocycles. The summed E-state index contributed by atoms with van der Waals surface area (Å²) in [5, 5.41) is 3.18. The zero-order valence-electron chi connectivity index (χ0n) is 16.8. The van der Waals surface area contributed by atoms with Crippen LogP contribution in [0.3, 0.4) is 0 Å². The lowest BCUT2D eigenvalue weighted by Crippen LogP contribution is -2.41. The number of hydrogen-bond donors (Lipinski definition) is 1. The normalized spacial score (nSPS) is 11.1. The van der Waals surface area contributed by atoms with E-state index in [1.54, 1.807) is 42.5 Å². The molecule has 3 rings (SSSR count). The van der Waals surface area contributed by atoms with Crippen molar-refractivity contribution in [3.63, 3.8) is 0 Å². The molecule has 162 valence electrons. The Balaban J connectivity index is 1.63. The fraction of sp³-hybridized carbons (Fsp3) is 0.174. The Kier molecular flexibility index (Phi) is 8.06. The standard InChI is InChI=1S/C23H23ClN2O4S/c24-20-11-13-21(14-12-20)26(31(28,29)22-9-5-2-6-10-22)17-23(27)25-15-16-30-18-19-7-3-1-4-8-19/h1-14H,15-18H2,(H,25,27). The van der Waals surface area contributed by atoms with Crippen molar-refractivity contribution in [1.29, 1.82) is 0 Å². The van der Waals surface area contributed by atoms with Crippen LogP contribution in [-0.4, -0.2) is 34.0 Å². The Labute approximate surface area is 187 Å². The van der Waals surface area contributed by atoms with Gasteiger partial charge in [0.1, 0.15) is 6.54 Å². The number of halogens is 1. The van der Waals surface area contributed by atoms with Gasteiger partial charge in [-0.2, -0.15) is 0 Å². The largest absolute Gasteiger partial charge is 0.375 e. The van der Waals surface area contributed by atoms with Crippen molar-refractivity contribution in [2.24, 2.45) is 0 Å². The van der Waals surface area contributed by atoms with Crippen molar-refractivity contribution < 1.29 is 17.9 Å². The van der Waals surface area contributed by atoms with Crippen LogP contribution in [0, 0.1) is 0 Å². The first kappa shape index (κ1) is 22.8. The number of carbonyl (C=O) groups excluding carboxylic acids is 1. The highest BCUT2D eigenvalue weighted by atomic mass is 35.5. The molecule has 6 nitrogen and oxygen atoms in total. The lowest BCUT2D eigenvalue weighted by molar-refractivity contribution is -0.119. The van der Waals surface area contributed by atoms with Gasteiger partial charge in [-0.3, -0.25) is 9.10 Å². The number of nitrogens with one attached hydrogen (secondary N) is 1. The fourth-order valence-corrected chi connectivity index (χ4v) is 4.42. The predicted molar refractivity (Wildman–Crippen MR) is 122 cm³/mol. The first-order chi connectivity index (χ1) is 15.0. The average Bonchev–Trinajstić information content (AvgIpc) is 2.79. The second-order valence-electron chi connectivity index (χ2n) is 6.69. The number of nitrogens with zero attached hydrogens (tertiary/aromatic N) is 1. The molecule has 0 atom stereocenters. The number of carbonyl (C=O) groups is 1. The molecular weight excluding hydrogens is 436 g/mol. The molecule has 0 aliphatic rings. The van der Waals surface area contributed by atoms with Crippen molar-refractivity contribution >= 4 is 33.2 Å². The Morgan fingerprint density at radius 3 is 2.16 bits per heavy atom. The maximum Gasteiger partial charge on any atom is 0.264 e. The first-order valence-electron chi connectivity index (χ1n) is 9.68. The molecule has 0 radical (unpaired) electrons. The van der Waals surface area contributed by atoms with E-state index in [9.17, 15) is 13.2 Å². The highest BCUT2D eigenvalue weighted by Gasteiger charge is 2.26. The molecule has 0 spiro atoms. The third kappa shape index (κ3) is 6.55. The third-order valence-corrected chi connectivity index (χ3v) is 6.45. The molecule has 0 aliphatic carbocycles. The molecule has 1 amide bonds. The van der Waals surface area contributed by atoms with Gasteiger partial charge in [-0.25, -0.2) is 8.42 Å². The van der Waals surface area contributed by atoms with E-state index in [1.165, 1.54) is 12.1 Å². The summed E-state index contributed by atoms with van der Waals surface area (Å²) in [4.78, 5) is 12.6. The summed E-state index contributed by atoms with van der Waals surface area (Å²) < 4.78 is 33.0. The molecule has 1 N–H and O–H groups in total. The smallest absolute Gasteiger partial charge is 0.264 e. The molecule has 0 unspecified atom stereocenters. The number of benzene rings is 3. The van der Waals surface area contributed by atoms with E-state index in [0.717, 1.165) is 9.87 Å². The lowest BCUT2D eigenvalue weighted by Gasteiger charge is -2.24. The van der Waals surface area contributed by atoms with Crippen LogP contribution < -0.4 is 9.62 Å². The lowest BCUT2D eigenvalue weighted by atomic mass is 10.2. The minimum atomic E-state index is -3.94. The van der Waals surface area contributed by atoms with E-state index in [1.807, 2.05) is 30.3 Å². The van der Waals surface area contributed by atoms with Crippen LogP contribution in [0.4, 0.5) is 5.69 Å². The highest BCUT2D eigenvalue weighted by Crippen LogP contribution is 2.24. The van der Waals surface area contributed by atoms with Gasteiger partial charge in [-0.15, -0.1) is 0 Å². The molecule has 0 aliphatic heterocycles. The van der Waals surface area contributed by atoms with Crippen molar-refractivity contribution in [3.05, 3.63) is 95.5 Å². The summed E-state index contributed by atoms with van der Waals surface area (Å²) in [7, 11) is -3.94. The summed E-state index contributed by atoms with van der Waals surface area (Å²) in [6, 6.07) is 24.0. The molecule has 0 aromatic heterocycles. The Hall–Kier alpha value is -2.87. The van der Waals surface area contributed by atoms with Crippen molar-refractivity contribution in [3.8, 4) is 0 Å². The minimum Gasteiger partial charge on any atom is -0.375 e. The molecule has 31 heavy (non-hydrogen) atoms. The summed E-state index contributed by atoms with van der Waals surface area (Å²) in [6.07, 6.45) is 0. The molecule has 3 aromatic carbocycles. The van der Waals surface area contributed by atoms with E-state index in [4.69, 9.17) is 16.3 Å². The van der Waals surface area contributed by atoms with E-state index < -0.39 is 15.9 Å². The SMILES string of the molecule is O=C(CN(c1ccc(Cl)cc1)S(=O)(=O)c1ccccc1)NCCOCc1ccccc1. The maximum atomic E-state index is 13.2. The van der Waals surface area contributed by atoms with E-state index in [2.05, 4.69) is 5.32 Å².